The van der Waals surface area contributed by atoms with Gasteiger partial charge in [0, 0.05) is 25.2 Å². The summed E-state index contributed by atoms with van der Waals surface area (Å²) in [6.45, 7) is 0.869. The zero-order valence-corrected chi connectivity index (χ0v) is 12.4. The molecule has 0 aliphatic rings. The first kappa shape index (κ1) is 16.7. The van der Waals surface area contributed by atoms with Crippen LogP contribution in [-0.2, 0) is 16.1 Å². The molecule has 0 aromatic heterocycles. The van der Waals surface area contributed by atoms with Crippen LogP contribution in [0.2, 0.25) is 0 Å². The summed E-state index contributed by atoms with van der Waals surface area (Å²) in [5, 5.41) is 11.3. The highest BCUT2D eigenvalue weighted by Gasteiger charge is 2.07. The number of carbonyl (C=O) groups is 2. The van der Waals surface area contributed by atoms with E-state index in [1.165, 1.54) is 13.2 Å². The monoisotopic (exact) mass is 292 g/mol. The van der Waals surface area contributed by atoms with E-state index < -0.39 is 5.97 Å². The van der Waals surface area contributed by atoms with Crippen LogP contribution in [0.15, 0.2) is 24.3 Å². The first-order valence-electron chi connectivity index (χ1n) is 6.43. The SMILES string of the molecule is CNC(=O)CN(C)Cc1ccc(OC)c(C=CC(=O)O)c1. The molecule has 0 atom stereocenters. The molecule has 2 N–H and O–H groups in total. The first-order valence-corrected chi connectivity index (χ1v) is 6.43. The Hall–Kier alpha value is -2.34. The number of hydrogen-bond acceptors (Lipinski definition) is 4. The second kappa shape index (κ2) is 8.06. The fourth-order valence-corrected chi connectivity index (χ4v) is 1.87. The van der Waals surface area contributed by atoms with Gasteiger partial charge in [0.15, 0.2) is 0 Å². The molecule has 1 rings (SSSR count). The molecule has 0 radical (unpaired) electrons. The molecule has 6 heteroatoms. The molecular formula is C15H20N2O4. The number of aliphatic carboxylic acids is 1. The number of likely N-dealkylation sites (N-methyl/N-ethyl adjacent to an activating group) is 2. The lowest BCUT2D eigenvalue weighted by Gasteiger charge is -2.16. The van der Waals surface area contributed by atoms with E-state index in [0.29, 0.717) is 24.4 Å². The molecule has 0 aliphatic carbocycles. The van der Waals surface area contributed by atoms with Crippen LogP contribution < -0.4 is 10.1 Å². The second-order valence-electron chi connectivity index (χ2n) is 4.59. The summed E-state index contributed by atoms with van der Waals surface area (Å²) >= 11 is 0. The number of carboxylic acids is 1. The number of amides is 1. The highest BCUT2D eigenvalue weighted by molar-refractivity contribution is 5.86. The number of nitrogens with zero attached hydrogens (tertiary/aromatic N) is 1. The van der Waals surface area contributed by atoms with Crippen LogP contribution in [0.1, 0.15) is 11.1 Å². The molecule has 1 amide bonds. The van der Waals surface area contributed by atoms with Crippen molar-refractivity contribution in [2.45, 2.75) is 6.54 Å². The van der Waals surface area contributed by atoms with Gasteiger partial charge in [-0.15, -0.1) is 0 Å². The van der Waals surface area contributed by atoms with Crippen LogP contribution in [0.4, 0.5) is 0 Å². The van der Waals surface area contributed by atoms with Crippen molar-refractivity contribution in [2.24, 2.45) is 0 Å². The molecule has 0 spiro atoms. The topological polar surface area (TPSA) is 78.9 Å². The van der Waals surface area contributed by atoms with E-state index in [1.807, 2.05) is 24.1 Å². The Morgan fingerprint density at radius 3 is 2.71 bits per heavy atom. The largest absolute Gasteiger partial charge is 0.496 e. The number of carbonyl (C=O) groups excluding carboxylic acids is 1. The number of methoxy groups -OCH3 is 1. The maximum atomic E-state index is 11.3. The van der Waals surface area contributed by atoms with Gasteiger partial charge in [0.1, 0.15) is 5.75 Å². The van der Waals surface area contributed by atoms with Crippen molar-refractivity contribution >= 4 is 18.0 Å². The van der Waals surface area contributed by atoms with Crippen molar-refractivity contribution in [1.29, 1.82) is 0 Å². The van der Waals surface area contributed by atoms with E-state index in [1.54, 1.807) is 13.1 Å². The average Bonchev–Trinajstić information content (AvgIpc) is 2.44. The fraction of sp³-hybridized carbons (Fsp3) is 0.333. The minimum Gasteiger partial charge on any atom is -0.496 e. The summed E-state index contributed by atoms with van der Waals surface area (Å²) in [5.41, 5.74) is 1.65. The van der Waals surface area contributed by atoms with Gasteiger partial charge in [-0.1, -0.05) is 6.07 Å². The lowest BCUT2D eigenvalue weighted by molar-refractivity contribution is -0.131. The predicted molar refractivity (Wildman–Crippen MR) is 80.1 cm³/mol. The van der Waals surface area contributed by atoms with Crippen molar-refractivity contribution in [3.8, 4) is 5.75 Å². The highest BCUT2D eigenvalue weighted by Crippen LogP contribution is 2.22. The van der Waals surface area contributed by atoms with Gasteiger partial charge in [-0.05, 0) is 30.8 Å². The normalized spacial score (nSPS) is 10.9. The van der Waals surface area contributed by atoms with Crippen molar-refractivity contribution < 1.29 is 19.4 Å². The predicted octanol–water partition coefficient (Wildman–Crippen LogP) is 0.971. The third kappa shape index (κ3) is 5.66. The quantitative estimate of drug-likeness (QED) is 0.732. The number of hydrogen-bond donors (Lipinski definition) is 2. The minimum atomic E-state index is -1.01. The van der Waals surface area contributed by atoms with Gasteiger partial charge in [-0.3, -0.25) is 9.69 Å². The Morgan fingerprint density at radius 1 is 1.43 bits per heavy atom. The number of rotatable bonds is 7. The molecule has 0 saturated heterocycles. The van der Waals surface area contributed by atoms with Crippen LogP contribution in [0.3, 0.4) is 0 Å². The standard InChI is InChI=1S/C15H20N2O4/c1-16-14(18)10-17(2)9-11-4-6-13(21-3)12(8-11)5-7-15(19)20/h4-8H,9-10H2,1-3H3,(H,16,18)(H,19,20). The van der Waals surface area contributed by atoms with Gasteiger partial charge < -0.3 is 15.2 Å². The summed E-state index contributed by atoms with van der Waals surface area (Å²) in [6, 6.07) is 5.51. The van der Waals surface area contributed by atoms with E-state index >= 15 is 0 Å². The zero-order valence-electron chi connectivity index (χ0n) is 12.4. The first-order chi connectivity index (χ1) is 9.96. The molecule has 6 nitrogen and oxygen atoms in total. The molecule has 0 heterocycles. The Bertz CT molecular complexity index is 540. The molecule has 0 fully saturated rings. The van der Waals surface area contributed by atoms with Gasteiger partial charge in [-0.2, -0.15) is 0 Å². The molecule has 0 aliphatic heterocycles. The molecule has 0 saturated carbocycles. The molecule has 0 bridgehead atoms. The smallest absolute Gasteiger partial charge is 0.328 e. The van der Waals surface area contributed by atoms with Crippen molar-refractivity contribution in [3.05, 3.63) is 35.4 Å². The number of ether oxygens (including phenoxy) is 1. The zero-order chi connectivity index (χ0) is 15.8. The van der Waals surface area contributed by atoms with Gasteiger partial charge in [0.05, 0.1) is 13.7 Å². The van der Waals surface area contributed by atoms with Crippen LogP contribution in [-0.4, -0.2) is 49.6 Å². The number of nitrogens with one attached hydrogen (secondary N) is 1. The number of benzene rings is 1. The van der Waals surface area contributed by atoms with Crippen LogP contribution in [0.25, 0.3) is 6.08 Å². The minimum absolute atomic E-state index is 0.0583. The van der Waals surface area contributed by atoms with Crippen molar-refractivity contribution in [1.82, 2.24) is 10.2 Å². The lowest BCUT2D eigenvalue weighted by Crippen LogP contribution is -2.32. The third-order valence-electron chi connectivity index (χ3n) is 2.84. The maximum absolute atomic E-state index is 11.3. The Labute approximate surface area is 124 Å². The Morgan fingerprint density at radius 2 is 2.14 bits per heavy atom. The summed E-state index contributed by atoms with van der Waals surface area (Å²) in [5.74, 6) is -0.471. The molecule has 114 valence electrons. The summed E-state index contributed by atoms with van der Waals surface area (Å²) in [6.07, 6.45) is 2.55. The van der Waals surface area contributed by atoms with E-state index in [9.17, 15) is 9.59 Å². The summed E-state index contributed by atoms with van der Waals surface area (Å²) in [4.78, 5) is 23.8. The molecule has 1 aromatic rings. The number of carboxylic acid groups (broad SMARTS) is 1. The van der Waals surface area contributed by atoms with Gasteiger partial charge in [0.2, 0.25) is 5.91 Å². The molecule has 21 heavy (non-hydrogen) atoms. The Balaban J connectivity index is 2.87. The lowest BCUT2D eigenvalue weighted by atomic mass is 10.1. The van der Waals surface area contributed by atoms with Crippen LogP contribution >= 0.6 is 0 Å². The van der Waals surface area contributed by atoms with E-state index in [0.717, 1.165) is 11.6 Å². The molecule has 1 aromatic carbocycles. The van der Waals surface area contributed by atoms with Crippen LogP contribution in [0.5, 0.6) is 5.75 Å². The third-order valence-corrected chi connectivity index (χ3v) is 2.84. The van der Waals surface area contributed by atoms with Gasteiger partial charge >= 0.3 is 5.97 Å². The maximum Gasteiger partial charge on any atom is 0.328 e. The van der Waals surface area contributed by atoms with Gasteiger partial charge in [0.25, 0.3) is 0 Å². The second-order valence-corrected chi connectivity index (χ2v) is 4.59. The van der Waals surface area contributed by atoms with Crippen molar-refractivity contribution in [2.75, 3.05) is 27.7 Å². The van der Waals surface area contributed by atoms with Crippen LogP contribution in [0, 0.1) is 0 Å². The van der Waals surface area contributed by atoms with Gasteiger partial charge in [-0.25, -0.2) is 4.79 Å². The Kier molecular flexibility index (Phi) is 6.42. The highest BCUT2D eigenvalue weighted by atomic mass is 16.5. The van der Waals surface area contributed by atoms with E-state index in [2.05, 4.69) is 5.32 Å². The van der Waals surface area contributed by atoms with E-state index in [4.69, 9.17) is 9.84 Å². The van der Waals surface area contributed by atoms with E-state index in [-0.39, 0.29) is 5.91 Å². The molecule has 0 unspecified atom stereocenters. The fourth-order valence-electron chi connectivity index (χ4n) is 1.87. The molecular weight excluding hydrogens is 272 g/mol. The summed E-state index contributed by atoms with van der Waals surface area (Å²) < 4.78 is 5.20. The average molecular weight is 292 g/mol. The van der Waals surface area contributed by atoms with Crippen molar-refractivity contribution in [3.63, 3.8) is 0 Å². The summed E-state index contributed by atoms with van der Waals surface area (Å²) in [7, 11) is 4.97.